The van der Waals surface area contributed by atoms with Gasteiger partial charge in [0.1, 0.15) is 5.92 Å². The maximum atomic E-state index is 14.0. The third-order valence-electron chi connectivity index (χ3n) is 6.71. The molecule has 36 heavy (non-hydrogen) atoms. The molecule has 0 unspecified atom stereocenters. The lowest BCUT2D eigenvalue weighted by Crippen LogP contribution is -2.37. The third kappa shape index (κ3) is 3.52. The van der Waals surface area contributed by atoms with Crippen molar-refractivity contribution < 1.29 is 19.2 Å². The van der Waals surface area contributed by atoms with Crippen molar-refractivity contribution in [1.29, 1.82) is 0 Å². The number of carbonyl (C=O) groups is 3. The van der Waals surface area contributed by atoms with Crippen molar-refractivity contribution in [2.24, 2.45) is 5.92 Å². The van der Waals surface area contributed by atoms with E-state index in [9.17, 15) is 14.4 Å². The van der Waals surface area contributed by atoms with Gasteiger partial charge in [-0.15, -0.1) is 0 Å². The van der Waals surface area contributed by atoms with Gasteiger partial charge in [-0.3, -0.25) is 19.2 Å². The van der Waals surface area contributed by atoms with Gasteiger partial charge >= 0.3 is 0 Å². The van der Waals surface area contributed by atoms with Gasteiger partial charge in [-0.2, -0.15) is 0 Å². The molecule has 0 saturated carbocycles. The third-order valence-corrected chi connectivity index (χ3v) is 6.71. The van der Waals surface area contributed by atoms with Crippen LogP contribution in [0.2, 0.25) is 0 Å². The van der Waals surface area contributed by atoms with Gasteiger partial charge in [-0.1, -0.05) is 66.7 Å². The number of hydroxylamine groups is 1. The fraction of sp³-hybridized carbons (Fsp3) is 0.138. The lowest BCUT2D eigenvalue weighted by atomic mass is 9.90. The zero-order valence-corrected chi connectivity index (χ0v) is 19.5. The van der Waals surface area contributed by atoms with Gasteiger partial charge in [0.25, 0.3) is 5.91 Å². The molecule has 3 atom stereocenters. The number of rotatable bonds is 4. The molecule has 7 nitrogen and oxygen atoms in total. The van der Waals surface area contributed by atoms with Gasteiger partial charge in [0.2, 0.25) is 11.8 Å². The first-order valence-corrected chi connectivity index (χ1v) is 11.8. The Morgan fingerprint density at radius 3 is 2.25 bits per heavy atom. The van der Waals surface area contributed by atoms with E-state index in [4.69, 9.17) is 4.84 Å². The Hall–Kier alpha value is -4.49. The van der Waals surface area contributed by atoms with E-state index < -0.39 is 18.1 Å². The Morgan fingerprint density at radius 1 is 0.806 bits per heavy atom. The predicted molar refractivity (Wildman–Crippen MR) is 137 cm³/mol. The first-order chi connectivity index (χ1) is 17.5. The summed E-state index contributed by atoms with van der Waals surface area (Å²) in [7, 11) is 0. The molecule has 2 fully saturated rings. The second-order valence-electron chi connectivity index (χ2n) is 8.97. The number of hydrogen-bond acceptors (Lipinski definition) is 5. The van der Waals surface area contributed by atoms with E-state index in [1.54, 1.807) is 23.3 Å². The van der Waals surface area contributed by atoms with Crippen LogP contribution < -0.4 is 15.3 Å². The number of nitrogens with one attached hydrogen (secondary N) is 1. The molecule has 0 aromatic heterocycles. The Kier molecular flexibility index (Phi) is 5.27. The number of anilines is 3. The second-order valence-corrected chi connectivity index (χ2v) is 8.97. The molecule has 2 heterocycles. The number of amides is 3. The Balaban J connectivity index is 1.43. The lowest BCUT2D eigenvalue weighted by molar-refractivity contribution is -0.126. The van der Waals surface area contributed by atoms with Crippen LogP contribution in [0.4, 0.5) is 17.1 Å². The quantitative estimate of drug-likeness (QED) is 0.425. The number of para-hydroxylation sites is 1. The number of hydrogen-bond donors (Lipinski definition) is 1. The molecule has 4 aromatic rings. The number of carbonyl (C=O) groups excluding carboxylic acids is 3. The van der Waals surface area contributed by atoms with Crippen LogP contribution in [0.25, 0.3) is 10.8 Å². The molecule has 1 N–H and O–H groups in total. The minimum absolute atomic E-state index is 0.166. The summed E-state index contributed by atoms with van der Waals surface area (Å²) in [6.07, 6.45) is -0.948. The molecule has 0 bridgehead atoms. The summed E-state index contributed by atoms with van der Waals surface area (Å²) in [6.45, 7) is 1.45. The summed E-state index contributed by atoms with van der Waals surface area (Å²) in [5, 5.41) is 6.21. The highest BCUT2D eigenvalue weighted by Gasteiger charge is 2.60. The van der Waals surface area contributed by atoms with Crippen LogP contribution in [0, 0.1) is 5.92 Å². The molecule has 4 aromatic carbocycles. The van der Waals surface area contributed by atoms with Gasteiger partial charge < -0.3 is 5.32 Å². The van der Waals surface area contributed by atoms with Crippen LogP contribution in [-0.4, -0.2) is 23.8 Å². The molecule has 0 radical (unpaired) electrons. The van der Waals surface area contributed by atoms with E-state index in [2.05, 4.69) is 5.32 Å². The van der Waals surface area contributed by atoms with Gasteiger partial charge in [0.05, 0.1) is 17.4 Å². The molecule has 178 valence electrons. The normalized spacial score (nSPS) is 21.2. The first-order valence-electron chi connectivity index (χ1n) is 11.8. The minimum Gasteiger partial charge on any atom is -0.326 e. The topological polar surface area (TPSA) is 79.0 Å². The van der Waals surface area contributed by atoms with E-state index in [1.165, 1.54) is 11.8 Å². The van der Waals surface area contributed by atoms with E-state index in [1.807, 2.05) is 78.9 Å². The van der Waals surface area contributed by atoms with Crippen molar-refractivity contribution in [1.82, 2.24) is 0 Å². The maximum absolute atomic E-state index is 14.0. The Bertz CT molecular complexity index is 1480. The van der Waals surface area contributed by atoms with Crippen LogP contribution >= 0.6 is 0 Å². The Labute approximate surface area is 207 Å². The second kappa shape index (κ2) is 8.62. The van der Waals surface area contributed by atoms with E-state index in [0.717, 1.165) is 22.0 Å². The zero-order valence-electron chi connectivity index (χ0n) is 19.5. The molecule has 2 saturated heterocycles. The van der Waals surface area contributed by atoms with Gasteiger partial charge in [0, 0.05) is 18.0 Å². The molecule has 3 amide bonds. The van der Waals surface area contributed by atoms with E-state index >= 15 is 0 Å². The predicted octanol–water partition coefficient (Wildman–Crippen LogP) is 4.85. The molecule has 0 aliphatic carbocycles. The van der Waals surface area contributed by atoms with Crippen LogP contribution in [0.5, 0.6) is 0 Å². The van der Waals surface area contributed by atoms with Crippen molar-refractivity contribution in [2.45, 2.75) is 19.1 Å². The molecule has 2 aliphatic heterocycles. The number of imide groups is 1. The number of fused-ring (bicyclic) bond motifs is 2. The van der Waals surface area contributed by atoms with Crippen molar-refractivity contribution >= 4 is 45.6 Å². The Morgan fingerprint density at radius 2 is 1.50 bits per heavy atom. The van der Waals surface area contributed by atoms with Crippen molar-refractivity contribution in [3.8, 4) is 0 Å². The zero-order chi connectivity index (χ0) is 24.8. The summed E-state index contributed by atoms with van der Waals surface area (Å²) >= 11 is 0. The van der Waals surface area contributed by atoms with E-state index in [-0.39, 0.29) is 17.7 Å². The van der Waals surface area contributed by atoms with Gasteiger partial charge in [0.15, 0.2) is 6.10 Å². The van der Waals surface area contributed by atoms with Crippen LogP contribution in [-0.2, 0) is 19.2 Å². The monoisotopic (exact) mass is 477 g/mol. The van der Waals surface area contributed by atoms with Crippen LogP contribution in [0.1, 0.15) is 18.5 Å². The highest BCUT2D eigenvalue weighted by Crippen LogP contribution is 2.48. The van der Waals surface area contributed by atoms with Crippen LogP contribution in [0.3, 0.4) is 0 Å². The highest BCUT2D eigenvalue weighted by atomic mass is 16.7. The first kappa shape index (κ1) is 22.0. The van der Waals surface area contributed by atoms with Gasteiger partial charge in [-0.25, -0.2) is 9.96 Å². The average Bonchev–Trinajstić information content (AvgIpc) is 3.40. The summed E-state index contributed by atoms with van der Waals surface area (Å²) in [5.74, 6) is -1.57. The number of nitrogens with zero attached hydrogens (tertiary/aromatic N) is 2. The minimum atomic E-state index is -0.948. The fourth-order valence-electron chi connectivity index (χ4n) is 5.16. The van der Waals surface area contributed by atoms with Crippen LogP contribution in [0.15, 0.2) is 97.1 Å². The molecule has 2 aliphatic rings. The average molecular weight is 478 g/mol. The molecular formula is C29H23N3O4. The smallest absolute Gasteiger partial charge is 0.266 e. The van der Waals surface area contributed by atoms with Crippen molar-refractivity contribution in [2.75, 3.05) is 15.3 Å². The SMILES string of the molecule is CC(=O)Nc1ccc([C@@H]2[C@H]3C(=O)N(c4cccc5ccccc45)C(=O)[C@@H]3ON2c2ccccc2)cc1. The largest absolute Gasteiger partial charge is 0.326 e. The maximum Gasteiger partial charge on any atom is 0.266 e. The molecular weight excluding hydrogens is 454 g/mol. The summed E-state index contributed by atoms with van der Waals surface area (Å²) in [6, 6.07) is 29.5. The summed E-state index contributed by atoms with van der Waals surface area (Å²) in [5.41, 5.74) is 2.77. The molecule has 7 heteroatoms. The highest BCUT2D eigenvalue weighted by molar-refractivity contribution is 6.26. The lowest BCUT2D eigenvalue weighted by Gasteiger charge is -2.29. The van der Waals surface area contributed by atoms with Crippen molar-refractivity contribution in [3.05, 3.63) is 103 Å². The standard InChI is InChI=1S/C29H23N3O4/c1-18(33)30-21-16-14-20(15-17-21)26-25-27(36-32(26)22-10-3-2-4-11-22)29(35)31(28(25)34)24-13-7-9-19-8-5-6-12-23(19)24/h2-17,25-27H,1H3,(H,30,33)/t25-,26-,27-/m1/s1. The van der Waals surface area contributed by atoms with Crippen molar-refractivity contribution in [3.63, 3.8) is 0 Å². The molecule has 0 spiro atoms. The summed E-state index contributed by atoms with van der Waals surface area (Å²) in [4.78, 5) is 46.6. The van der Waals surface area contributed by atoms with E-state index in [0.29, 0.717) is 11.4 Å². The fourth-order valence-corrected chi connectivity index (χ4v) is 5.16. The molecule has 6 rings (SSSR count). The summed E-state index contributed by atoms with van der Waals surface area (Å²) < 4.78 is 0. The number of benzene rings is 4. The van der Waals surface area contributed by atoms with Gasteiger partial charge in [-0.05, 0) is 41.3 Å².